The molecule has 0 aromatic carbocycles. The number of ether oxygens (including phenoxy) is 1. The zero-order chi connectivity index (χ0) is 18.4. The molecule has 0 bridgehead atoms. The van der Waals surface area contributed by atoms with Crippen molar-refractivity contribution in [3.05, 3.63) is 23.9 Å². The van der Waals surface area contributed by atoms with Crippen LogP contribution in [-0.4, -0.2) is 48.1 Å². The van der Waals surface area contributed by atoms with E-state index in [9.17, 15) is 4.79 Å². The fourth-order valence-electron chi connectivity index (χ4n) is 4.11. The fourth-order valence-corrected chi connectivity index (χ4v) is 4.11. The third-order valence-electron chi connectivity index (χ3n) is 5.90. The highest BCUT2D eigenvalue weighted by Gasteiger charge is 2.26. The third-order valence-corrected chi connectivity index (χ3v) is 5.90. The van der Waals surface area contributed by atoms with Crippen LogP contribution < -0.4 is 5.32 Å². The van der Waals surface area contributed by atoms with Crippen molar-refractivity contribution < 1.29 is 9.53 Å². The largest absolute Gasteiger partial charge is 0.377 e. The van der Waals surface area contributed by atoms with Gasteiger partial charge in [0.25, 0.3) is 0 Å². The summed E-state index contributed by atoms with van der Waals surface area (Å²) in [5.74, 6) is 1.56. The van der Waals surface area contributed by atoms with Gasteiger partial charge in [0.15, 0.2) is 0 Å². The first-order chi connectivity index (χ1) is 12.6. The zero-order valence-corrected chi connectivity index (χ0v) is 16.2. The Morgan fingerprint density at radius 2 is 2.04 bits per heavy atom. The lowest BCUT2D eigenvalue weighted by Gasteiger charge is -2.33. The van der Waals surface area contributed by atoms with E-state index in [4.69, 9.17) is 4.74 Å². The number of likely N-dealkylation sites (tertiary alicyclic amines) is 1. The molecule has 1 aliphatic heterocycles. The highest BCUT2D eigenvalue weighted by Crippen LogP contribution is 2.26. The second kappa shape index (κ2) is 9.47. The van der Waals surface area contributed by atoms with Crippen molar-refractivity contribution in [2.24, 2.45) is 11.8 Å². The molecule has 5 nitrogen and oxygen atoms in total. The zero-order valence-electron chi connectivity index (χ0n) is 16.2. The summed E-state index contributed by atoms with van der Waals surface area (Å²) in [6.45, 7) is 8.07. The first-order valence-corrected chi connectivity index (χ1v) is 10.2. The van der Waals surface area contributed by atoms with Crippen molar-refractivity contribution in [1.29, 1.82) is 0 Å². The van der Waals surface area contributed by atoms with Gasteiger partial charge in [-0.25, -0.2) is 4.98 Å². The molecule has 0 radical (unpaired) electrons. The number of carbonyl (C=O) groups is 1. The summed E-state index contributed by atoms with van der Waals surface area (Å²) in [7, 11) is 0. The molecule has 1 aliphatic carbocycles. The lowest BCUT2D eigenvalue weighted by atomic mass is 9.88. The number of nitrogens with zero attached hydrogens (tertiary/aromatic N) is 2. The van der Waals surface area contributed by atoms with Crippen LogP contribution in [0.2, 0.25) is 0 Å². The van der Waals surface area contributed by atoms with E-state index in [1.165, 1.54) is 25.7 Å². The fraction of sp³-hybridized carbons (Fsp3) is 0.714. The number of carbonyl (C=O) groups excluding carboxylic acids is 1. The molecule has 5 heteroatoms. The Labute approximate surface area is 157 Å². The van der Waals surface area contributed by atoms with Crippen LogP contribution >= 0.6 is 0 Å². The Morgan fingerprint density at radius 3 is 2.77 bits per heavy atom. The molecule has 2 unspecified atom stereocenters. The first kappa shape index (κ1) is 19.3. The van der Waals surface area contributed by atoms with E-state index in [1.807, 2.05) is 19.1 Å². The van der Waals surface area contributed by atoms with Gasteiger partial charge >= 0.3 is 0 Å². The van der Waals surface area contributed by atoms with Crippen molar-refractivity contribution >= 4 is 11.7 Å². The lowest BCUT2D eigenvalue weighted by Crippen LogP contribution is -2.40. The Morgan fingerprint density at radius 1 is 1.27 bits per heavy atom. The molecule has 1 amide bonds. The highest BCUT2D eigenvalue weighted by atomic mass is 16.5. The second-order valence-corrected chi connectivity index (χ2v) is 7.99. The predicted molar refractivity (Wildman–Crippen MR) is 104 cm³/mol. The van der Waals surface area contributed by atoms with Gasteiger partial charge in [0.1, 0.15) is 5.82 Å². The van der Waals surface area contributed by atoms with Crippen LogP contribution in [0, 0.1) is 18.8 Å². The summed E-state index contributed by atoms with van der Waals surface area (Å²) in [6.07, 6.45) is 9.21. The normalized spacial score (nSPS) is 25.2. The van der Waals surface area contributed by atoms with E-state index in [0.717, 1.165) is 44.6 Å². The minimum Gasteiger partial charge on any atom is -0.377 e. The molecule has 1 aromatic heterocycles. The molecule has 2 atom stereocenters. The molecule has 1 aromatic rings. The van der Waals surface area contributed by atoms with Crippen molar-refractivity contribution in [3.8, 4) is 0 Å². The minimum atomic E-state index is 0.0906. The van der Waals surface area contributed by atoms with Crippen LogP contribution in [-0.2, 0) is 9.53 Å². The maximum atomic E-state index is 12.4. The molecular formula is C21H33N3O2. The van der Waals surface area contributed by atoms with Crippen molar-refractivity contribution in [2.45, 2.75) is 58.5 Å². The number of rotatable bonds is 6. The molecular weight excluding hydrogens is 326 g/mol. The monoisotopic (exact) mass is 359 g/mol. The smallest absolute Gasteiger partial charge is 0.228 e. The number of hydrogen-bond donors (Lipinski definition) is 1. The van der Waals surface area contributed by atoms with Gasteiger partial charge in [0, 0.05) is 18.7 Å². The number of hydrogen-bond acceptors (Lipinski definition) is 4. The summed E-state index contributed by atoms with van der Waals surface area (Å²) in [6, 6.07) is 3.85. The molecule has 1 saturated carbocycles. The number of piperidine rings is 1. The van der Waals surface area contributed by atoms with Crippen LogP contribution in [0.15, 0.2) is 18.3 Å². The highest BCUT2D eigenvalue weighted by molar-refractivity contribution is 5.91. The maximum absolute atomic E-state index is 12.4. The number of pyridine rings is 1. The van der Waals surface area contributed by atoms with Gasteiger partial charge in [0.2, 0.25) is 5.91 Å². The summed E-state index contributed by atoms with van der Waals surface area (Å²) < 4.78 is 6.13. The SMILES string of the molecule is Cc1ccnc(NC(=O)C2CCN(CCOC3CCCCC3C)CC2)c1. The average Bonchev–Trinajstić information content (AvgIpc) is 2.64. The van der Waals surface area contributed by atoms with E-state index >= 15 is 0 Å². The Balaban J connectivity index is 1.35. The number of anilines is 1. The molecule has 144 valence electrons. The van der Waals surface area contributed by atoms with Crippen molar-refractivity contribution in [2.75, 3.05) is 31.6 Å². The Kier molecular flexibility index (Phi) is 7.03. The van der Waals surface area contributed by atoms with E-state index in [2.05, 4.69) is 22.1 Å². The molecule has 26 heavy (non-hydrogen) atoms. The molecule has 2 aliphatic rings. The molecule has 0 spiro atoms. The summed E-state index contributed by atoms with van der Waals surface area (Å²) in [4.78, 5) is 19.1. The van der Waals surface area contributed by atoms with E-state index in [1.54, 1.807) is 6.20 Å². The number of aryl methyl sites for hydroxylation is 1. The van der Waals surface area contributed by atoms with Gasteiger partial charge in [-0.1, -0.05) is 19.8 Å². The molecule has 1 N–H and O–H groups in total. The average molecular weight is 360 g/mol. The van der Waals surface area contributed by atoms with Crippen LogP contribution in [0.25, 0.3) is 0 Å². The maximum Gasteiger partial charge on any atom is 0.228 e. The van der Waals surface area contributed by atoms with Gasteiger partial charge in [-0.2, -0.15) is 0 Å². The van der Waals surface area contributed by atoms with Crippen LogP contribution in [0.4, 0.5) is 5.82 Å². The second-order valence-electron chi connectivity index (χ2n) is 7.99. The van der Waals surface area contributed by atoms with Crippen LogP contribution in [0.1, 0.15) is 51.0 Å². The predicted octanol–water partition coefficient (Wildman–Crippen LogP) is 3.64. The first-order valence-electron chi connectivity index (χ1n) is 10.2. The topological polar surface area (TPSA) is 54.5 Å². The number of amides is 1. The number of aromatic nitrogens is 1. The molecule has 2 heterocycles. The van der Waals surface area contributed by atoms with E-state index in [0.29, 0.717) is 17.8 Å². The van der Waals surface area contributed by atoms with Crippen LogP contribution in [0.5, 0.6) is 0 Å². The molecule has 1 saturated heterocycles. The van der Waals surface area contributed by atoms with Crippen LogP contribution in [0.3, 0.4) is 0 Å². The number of nitrogens with one attached hydrogen (secondary N) is 1. The quantitative estimate of drug-likeness (QED) is 0.843. The standard InChI is InChI=1S/C21H33N3O2/c1-16-7-10-22-20(15-16)23-21(25)18-8-11-24(12-9-18)13-14-26-19-6-4-3-5-17(19)2/h7,10,15,17-19H,3-6,8-9,11-14H2,1-2H3,(H,22,23,25). The van der Waals surface area contributed by atoms with Gasteiger partial charge in [0.05, 0.1) is 12.7 Å². The molecule has 3 rings (SSSR count). The van der Waals surface area contributed by atoms with Gasteiger partial charge in [-0.3, -0.25) is 4.79 Å². The van der Waals surface area contributed by atoms with E-state index in [-0.39, 0.29) is 11.8 Å². The van der Waals surface area contributed by atoms with E-state index < -0.39 is 0 Å². The summed E-state index contributed by atoms with van der Waals surface area (Å²) >= 11 is 0. The Hall–Kier alpha value is -1.46. The van der Waals surface area contributed by atoms with Gasteiger partial charge in [-0.15, -0.1) is 0 Å². The summed E-state index contributed by atoms with van der Waals surface area (Å²) in [5, 5.41) is 2.97. The van der Waals surface area contributed by atoms with Gasteiger partial charge < -0.3 is 15.0 Å². The Bertz CT molecular complexity index is 584. The van der Waals surface area contributed by atoms with Gasteiger partial charge in [-0.05, 0) is 69.3 Å². The summed E-state index contributed by atoms with van der Waals surface area (Å²) in [5.41, 5.74) is 1.11. The van der Waals surface area contributed by atoms with Crippen molar-refractivity contribution in [1.82, 2.24) is 9.88 Å². The molecule has 2 fully saturated rings. The minimum absolute atomic E-state index is 0.0906. The third kappa shape index (κ3) is 5.52. The lowest BCUT2D eigenvalue weighted by molar-refractivity contribution is -0.121. The van der Waals surface area contributed by atoms with Crippen molar-refractivity contribution in [3.63, 3.8) is 0 Å².